The summed E-state index contributed by atoms with van der Waals surface area (Å²) in [5.74, 6) is -0.160. The van der Waals surface area contributed by atoms with Crippen molar-refractivity contribution >= 4 is 17.9 Å². The fraction of sp³-hybridized carbons (Fsp3) is 0.0526. The Morgan fingerprint density at radius 2 is 1.84 bits per heavy atom. The van der Waals surface area contributed by atoms with Crippen LogP contribution in [0.15, 0.2) is 76.2 Å². The topological polar surface area (TPSA) is 84.1 Å². The van der Waals surface area contributed by atoms with E-state index in [4.69, 9.17) is 14.3 Å². The van der Waals surface area contributed by atoms with Crippen LogP contribution in [0.4, 0.5) is 5.69 Å². The molecule has 2 N–H and O–H groups in total. The first kappa shape index (κ1) is 16.3. The fourth-order valence-electron chi connectivity index (χ4n) is 2.13. The SMILES string of the molecule is O=C(O)c1ccc(COc2ccccc2C=NNc2ccccc2)o1. The molecule has 6 heteroatoms. The molecule has 0 bridgehead atoms. The molecule has 0 saturated carbocycles. The van der Waals surface area contributed by atoms with Crippen LogP contribution in [0.3, 0.4) is 0 Å². The van der Waals surface area contributed by atoms with Crippen LogP contribution >= 0.6 is 0 Å². The van der Waals surface area contributed by atoms with Gasteiger partial charge in [-0.05, 0) is 36.4 Å². The lowest BCUT2D eigenvalue weighted by Gasteiger charge is -2.07. The number of furan rings is 1. The number of carboxylic acids is 1. The van der Waals surface area contributed by atoms with E-state index in [0.717, 1.165) is 11.3 Å². The minimum absolute atomic E-state index is 0.111. The van der Waals surface area contributed by atoms with Gasteiger partial charge < -0.3 is 14.3 Å². The van der Waals surface area contributed by atoms with Crippen molar-refractivity contribution in [3.8, 4) is 5.75 Å². The Hall–Kier alpha value is -3.54. The Morgan fingerprint density at radius 1 is 1.08 bits per heavy atom. The number of rotatable bonds is 7. The zero-order valence-corrected chi connectivity index (χ0v) is 13.3. The van der Waals surface area contributed by atoms with Crippen molar-refractivity contribution < 1.29 is 19.1 Å². The predicted molar refractivity (Wildman–Crippen MR) is 94.1 cm³/mol. The third kappa shape index (κ3) is 4.48. The van der Waals surface area contributed by atoms with E-state index >= 15 is 0 Å². The van der Waals surface area contributed by atoms with Crippen molar-refractivity contribution in [2.24, 2.45) is 5.10 Å². The first-order chi connectivity index (χ1) is 12.2. The van der Waals surface area contributed by atoms with Gasteiger partial charge in [-0.1, -0.05) is 30.3 Å². The highest BCUT2D eigenvalue weighted by Crippen LogP contribution is 2.19. The maximum Gasteiger partial charge on any atom is 0.371 e. The molecule has 126 valence electrons. The molecule has 3 rings (SSSR count). The molecule has 1 heterocycles. The summed E-state index contributed by atoms with van der Waals surface area (Å²) in [6, 6.07) is 20.0. The van der Waals surface area contributed by atoms with E-state index in [-0.39, 0.29) is 12.4 Å². The van der Waals surface area contributed by atoms with Gasteiger partial charge in [0.05, 0.1) is 11.9 Å². The minimum atomic E-state index is -1.11. The highest BCUT2D eigenvalue weighted by molar-refractivity contribution is 5.84. The Labute approximate surface area is 144 Å². The van der Waals surface area contributed by atoms with E-state index in [1.807, 2.05) is 54.6 Å². The molecule has 0 radical (unpaired) electrons. The average molecular weight is 336 g/mol. The van der Waals surface area contributed by atoms with E-state index in [0.29, 0.717) is 11.5 Å². The fourth-order valence-corrected chi connectivity index (χ4v) is 2.13. The third-order valence-corrected chi connectivity index (χ3v) is 3.33. The van der Waals surface area contributed by atoms with Gasteiger partial charge in [-0.15, -0.1) is 0 Å². The van der Waals surface area contributed by atoms with Crippen LogP contribution in [0.25, 0.3) is 0 Å². The van der Waals surface area contributed by atoms with Crippen LogP contribution in [0.5, 0.6) is 5.75 Å². The van der Waals surface area contributed by atoms with Gasteiger partial charge in [-0.25, -0.2) is 4.79 Å². The van der Waals surface area contributed by atoms with Crippen molar-refractivity contribution in [2.45, 2.75) is 6.61 Å². The molecule has 0 unspecified atom stereocenters. The molecule has 0 aliphatic carbocycles. The maximum atomic E-state index is 10.8. The van der Waals surface area contributed by atoms with E-state index in [9.17, 15) is 4.79 Å². The van der Waals surface area contributed by atoms with Crippen molar-refractivity contribution in [3.63, 3.8) is 0 Å². The molecule has 0 spiro atoms. The third-order valence-electron chi connectivity index (χ3n) is 3.33. The average Bonchev–Trinajstić information content (AvgIpc) is 3.11. The molecule has 0 amide bonds. The van der Waals surface area contributed by atoms with Crippen LogP contribution in [-0.2, 0) is 6.61 Å². The predicted octanol–water partition coefficient (Wildman–Crippen LogP) is 4.00. The van der Waals surface area contributed by atoms with Gasteiger partial charge in [0.2, 0.25) is 5.76 Å². The quantitative estimate of drug-likeness (QED) is 0.503. The number of carbonyl (C=O) groups is 1. The zero-order chi connectivity index (χ0) is 17.5. The number of nitrogens with zero attached hydrogens (tertiary/aromatic N) is 1. The number of hydrazone groups is 1. The second-order valence-corrected chi connectivity index (χ2v) is 5.13. The maximum absolute atomic E-state index is 10.8. The lowest BCUT2D eigenvalue weighted by molar-refractivity contribution is 0.0658. The number of hydrogen-bond acceptors (Lipinski definition) is 5. The minimum Gasteiger partial charge on any atom is -0.485 e. The number of anilines is 1. The number of ether oxygens (including phenoxy) is 1. The summed E-state index contributed by atoms with van der Waals surface area (Å²) in [5.41, 5.74) is 4.61. The first-order valence-electron chi connectivity index (χ1n) is 7.60. The number of aromatic carboxylic acids is 1. The standard InChI is InChI=1S/C19H16N2O4/c22-19(23)18-11-10-16(25-18)13-24-17-9-5-4-6-14(17)12-20-21-15-7-2-1-3-8-15/h1-12,21H,13H2,(H,22,23). The van der Waals surface area contributed by atoms with Crippen LogP contribution < -0.4 is 10.2 Å². The monoisotopic (exact) mass is 336 g/mol. The van der Waals surface area contributed by atoms with Crippen molar-refractivity contribution in [2.75, 3.05) is 5.43 Å². The molecule has 1 aromatic heterocycles. The van der Waals surface area contributed by atoms with Crippen molar-refractivity contribution in [3.05, 3.63) is 83.8 Å². The van der Waals surface area contributed by atoms with E-state index in [2.05, 4.69) is 10.5 Å². The van der Waals surface area contributed by atoms with E-state index < -0.39 is 5.97 Å². The van der Waals surface area contributed by atoms with Gasteiger partial charge in [-0.3, -0.25) is 5.43 Å². The second kappa shape index (κ2) is 7.83. The van der Waals surface area contributed by atoms with Crippen LogP contribution in [0.2, 0.25) is 0 Å². The summed E-state index contributed by atoms with van der Waals surface area (Å²) in [4.78, 5) is 10.8. The Bertz CT molecular complexity index is 872. The van der Waals surface area contributed by atoms with Crippen LogP contribution in [0.1, 0.15) is 21.9 Å². The molecular weight excluding hydrogens is 320 g/mol. The largest absolute Gasteiger partial charge is 0.485 e. The van der Waals surface area contributed by atoms with Gasteiger partial charge in [-0.2, -0.15) is 5.10 Å². The lowest BCUT2D eigenvalue weighted by Crippen LogP contribution is -1.98. The number of carboxylic acid groups (broad SMARTS) is 1. The summed E-state index contributed by atoms with van der Waals surface area (Å²) in [6.45, 7) is 0.129. The molecule has 0 atom stereocenters. The van der Waals surface area contributed by atoms with Gasteiger partial charge in [0.15, 0.2) is 0 Å². The van der Waals surface area contributed by atoms with Crippen LogP contribution in [0, 0.1) is 0 Å². The molecule has 0 saturated heterocycles. The highest BCUT2D eigenvalue weighted by Gasteiger charge is 2.09. The normalized spacial score (nSPS) is 10.7. The summed E-state index contributed by atoms with van der Waals surface area (Å²) in [7, 11) is 0. The Kier molecular flexibility index (Phi) is 5.11. The molecule has 0 fully saturated rings. The smallest absolute Gasteiger partial charge is 0.371 e. The summed E-state index contributed by atoms with van der Waals surface area (Å²) in [5, 5.41) is 13.1. The molecule has 6 nitrogen and oxygen atoms in total. The molecule has 0 aliphatic rings. The molecule has 2 aromatic carbocycles. The van der Waals surface area contributed by atoms with Gasteiger partial charge in [0, 0.05) is 5.56 Å². The Morgan fingerprint density at radius 3 is 2.60 bits per heavy atom. The summed E-state index contributed by atoms with van der Waals surface area (Å²) >= 11 is 0. The van der Waals surface area contributed by atoms with Crippen molar-refractivity contribution in [1.29, 1.82) is 0 Å². The van der Waals surface area contributed by atoms with Crippen LogP contribution in [-0.4, -0.2) is 17.3 Å². The van der Waals surface area contributed by atoms with Crippen molar-refractivity contribution in [1.82, 2.24) is 0 Å². The number of nitrogens with one attached hydrogen (secondary N) is 1. The number of para-hydroxylation sites is 2. The second-order valence-electron chi connectivity index (χ2n) is 5.13. The molecule has 25 heavy (non-hydrogen) atoms. The van der Waals surface area contributed by atoms with Gasteiger partial charge in [0.25, 0.3) is 0 Å². The van der Waals surface area contributed by atoms with E-state index in [1.54, 1.807) is 12.3 Å². The Balaban J connectivity index is 1.64. The first-order valence-corrected chi connectivity index (χ1v) is 7.60. The molecule has 3 aromatic rings. The number of hydrogen-bond donors (Lipinski definition) is 2. The van der Waals surface area contributed by atoms with E-state index in [1.165, 1.54) is 6.07 Å². The van der Waals surface area contributed by atoms with Gasteiger partial charge >= 0.3 is 5.97 Å². The summed E-state index contributed by atoms with van der Waals surface area (Å²) < 4.78 is 10.9. The highest BCUT2D eigenvalue weighted by atomic mass is 16.5. The summed E-state index contributed by atoms with van der Waals surface area (Å²) in [6.07, 6.45) is 1.66. The lowest BCUT2D eigenvalue weighted by atomic mass is 10.2. The molecular formula is C19H16N2O4. The number of benzene rings is 2. The van der Waals surface area contributed by atoms with Gasteiger partial charge in [0.1, 0.15) is 18.1 Å². The zero-order valence-electron chi connectivity index (χ0n) is 13.3. The molecule has 0 aliphatic heterocycles.